The Morgan fingerprint density at radius 2 is 1.71 bits per heavy atom. The van der Waals surface area contributed by atoms with Crippen molar-refractivity contribution in [3.8, 4) is 0 Å². The second-order valence-corrected chi connectivity index (χ2v) is 5.08. The van der Waals surface area contributed by atoms with Crippen LogP contribution in [0.1, 0.15) is 17.8 Å². The number of hydrogen-bond acceptors (Lipinski definition) is 4. The van der Waals surface area contributed by atoms with Crippen molar-refractivity contribution in [1.29, 1.82) is 0 Å². The third-order valence-electron chi connectivity index (χ3n) is 3.37. The number of hydrogen-bond donors (Lipinski definition) is 0. The molecule has 3 rings (SSSR count). The summed E-state index contributed by atoms with van der Waals surface area (Å²) in [7, 11) is 0. The number of aromatic nitrogens is 4. The molecule has 3 aromatic rings. The van der Waals surface area contributed by atoms with E-state index in [0.717, 1.165) is 10.1 Å². The molecule has 2 heterocycles. The first-order valence-electron chi connectivity index (χ1n) is 7.12. The van der Waals surface area contributed by atoms with Gasteiger partial charge >= 0.3 is 0 Å². The summed E-state index contributed by atoms with van der Waals surface area (Å²) < 4.78 is 52.6. The van der Waals surface area contributed by atoms with Gasteiger partial charge in [0.25, 0.3) is 12.9 Å². The van der Waals surface area contributed by atoms with E-state index in [4.69, 9.17) is 0 Å². The lowest BCUT2D eigenvalue weighted by atomic mass is 10.2. The molecule has 0 atom stereocenters. The van der Waals surface area contributed by atoms with Gasteiger partial charge in [-0.1, -0.05) is 30.3 Å². The molecule has 5 nitrogen and oxygen atoms in total. The quantitative estimate of drug-likeness (QED) is 0.646. The van der Waals surface area contributed by atoms with Crippen LogP contribution in [0, 0.1) is 0 Å². The molecule has 0 saturated carbocycles. The third kappa shape index (κ3) is 3.44. The smallest absolute Gasteiger partial charge is 0.299 e. The molecule has 126 valence electrons. The number of nitrogens with zero attached hydrogens (tertiary/aromatic N) is 5. The van der Waals surface area contributed by atoms with Crippen LogP contribution in [0.15, 0.2) is 42.5 Å². The number of halogens is 4. The monoisotopic (exact) mass is 339 g/mol. The molecule has 1 aromatic carbocycles. The lowest BCUT2D eigenvalue weighted by molar-refractivity contribution is 0.137. The molecule has 0 unspecified atom stereocenters. The summed E-state index contributed by atoms with van der Waals surface area (Å²) in [5.41, 5.74) is 0.934. The van der Waals surface area contributed by atoms with Crippen LogP contribution < -0.4 is 4.90 Å². The van der Waals surface area contributed by atoms with Crippen molar-refractivity contribution in [3.63, 3.8) is 0 Å². The van der Waals surface area contributed by atoms with Crippen LogP contribution in [0.2, 0.25) is 0 Å². The van der Waals surface area contributed by atoms with E-state index >= 15 is 0 Å². The zero-order valence-electron chi connectivity index (χ0n) is 12.4. The molecule has 0 amide bonds. The van der Waals surface area contributed by atoms with Gasteiger partial charge in [-0.15, -0.1) is 15.3 Å². The average molecular weight is 339 g/mol. The van der Waals surface area contributed by atoms with Crippen molar-refractivity contribution in [2.24, 2.45) is 0 Å². The minimum Gasteiger partial charge on any atom is -0.345 e. The van der Waals surface area contributed by atoms with E-state index in [9.17, 15) is 17.6 Å². The van der Waals surface area contributed by atoms with Crippen LogP contribution in [0.25, 0.3) is 5.65 Å². The molecular formula is C15H13F4N5. The van der Waals surface area contributed by atoms with Crippen molar-refractivity contribution in [1.82, 2.24) is 19.8 Å². The lowest BCUT2D eigenvalue weighted by Crippen LogP contribution is -2.29. The Morgan fingerprint density at radius 3 is 2.38 bits per heavy atom. The van der Waals surface area contributed by atoms with Crippen molar-refractivity contribution >= 4 is 11.5 Å². The molecule has 24 heavy (non-hydrogen) atoms. The molecule has 9 heteroatoms. The summed E-state index contributed by atoms with van der Waals surface area (Å²) in [6, 6.07) is 11.9. The SMILES string of the molecule is FC(F)CN(Cc1ccccc1)c1ccc2nnc(C(F)F)n2n1. The summed E-state index contributed by atoms with van der Waals surface area (Å²) in [6.07, 6.45) is -5.46. The predicted molar refractivity (Wildman–Crippen MR) is 79.2 cm³/mol. The first-order valence-corrected chi connectivity index (χ1v) is 7.12. The molecule has 0 bridgehead atoms. The van der Waals surface area contributed by atoms with Gasteiger partial charge in [-0.3, -0.25) is 0 Å². The van der Waals surface area contributed by atoms with Gasteiger partial charge in [-0.25, -0.2) is 17.6 Å². The summed E-state index contributed by atoms with van der Waals surface area (Å²) in [6.45, 7) is -0.393. The lowest BCUT2D eigenvalue weighted by Gasteiger charge is -2.23. The molecule has 0 aliphatic rings. The van der Waals surface area contributed by atoms with Gasteiger partial charge in [-0.2, -0.15) is 4.52 Å². The van der Waals surface area contributed by atoms with Crippen molar-refractivity contribution in [2.75, 3.05) is 11.4 Å². The largest absolute Gasteiger partial charge is 0.345 e. The van der Waals surface area contributed by atoms with Crippen LogP contribution in [-0.2, 0) is 6.54 Å². The van der Waals surface area contributed by atoms with Gasteiger partial charge in [0, 0.05) is 6.54 Å². The van der Waals surface area contributed by atoms with E-state index in [2.05, 4.69) is 15.3 Å². The highest BCUT2D eigenvalue weighted by molar-refractivity contribution is 5.46. The Labute approximate surface area is 134 Å². The van der Waals surface area contributed by atoms with Crippen LogP contribution in [-0.4, -0.2) is 32.8 Å². The van der Waals surface area contributed by atoms with E-state index < -0.39 is 25.2 Å². The highest BCUT2D eigenvalue weighted by Gasteiger charge is 2.20. The summed E-state index contributed by atoms with van der Waals surface area (Å²) in [5.74, 6) is -0.475. The molecule has 0 fully saturated rings. The first-order chi connectivity index (χ1) is 11.5. The Morgan fingerprint density at radius 1 is 0.958 bits per heavy atom. The number of anilines is 1. The van der Waals surface area contributed by atoms with Gasteiger partial charge in [0.1, 0.15) is 5.82 Å². The van der Waals surface area contributed by atoms with Gasteiger partial charge in [-0.05, 0) is 17.7 Å². The Balaban J connectivity index is 1.97. The molecule has 0 N–H and O–H groups in total. The Bertz CT molecular complexity index is 806. The molecule has 0 saturated heterocycles. The van der Waals surface area contributed by atoms with Crippen LogP contribution in [0.3, 0.4) is 0 Å². The highest BCUT2D eigenvalue weighted by atomic mass is 19.3. The van der Waals surface area contributed by atoms with Gasteiger partial charge in [0.05, 0.1) is 6.54 Å². The molecular weight excluding hydrogens is 326 g/mol. The maximum atomic E-state index is 12.9. The van der Waals surface area contributed by atoms with Crippen molar-refractivity contribution in [2.45, 2.75) is 19.4 Å². The summed E-state index contributed by atoms with van der Waals surface area (Å²) in [4.78, 5) is 1.33. The fourth-order valence-corrected chi connectivity index (χ4v) is 2.31. The standard InChI is InChI=1S/C15H13F4N5/c16-11(17)9-23(8-10-4-2-1-3-5-10)13-7-6-12-20-21-15(14(18)19)24(12)22-13/h1-7,11,14H,8-9H2. The molecule has 0 aliphatic carbocycles. The van der Waals surface area contributed by atoms with Crippen LogP contribution in [0.4, 0.5) is 23.4 Å². The number of benzene rings is 1. The minimum atomic E-state index is -2.86. The Hall–Kier alpha value is -2.71. The van der Waals surface area contributed by atoms with E-state index in [-0.39, 0.29) is 18.0 Å². The van der Waals surface area contributed by atoms with E-state index in [1.165, 1.54) is 17.0 Å². The topological polar surface area (TPSA) is 46.3 Å². The predicted octanol–water partition coefficient (Wildman–Crippen LogP) is 3.33. The number of rotatable bonds is 6. The van der Waals surface area contributed by atoms with Gasteiger partial charge in [0.2, 0.25) is 5.82 Å². The molecule has 0 radical (unpaired) electrons. The van der Waals surface area contributed by atoms with Gasteiger partial charge in [0.15, 0.2) is 5.65 Å². The third-order valence-corrected chi connectivity index (χ3v) is 3.37. The fraction of sp³-hybridized carbons (Fsp3) is 0.267. The second kappa shape index (κ2) is 6.81. The van der Waals surface area contributed by atoms with Crippen LogP contribution >= 0.6 is 0 Å². The normalized spacial score (nSPS) is 11.6. The van der Waals surface area contributed by atoms with E-state index in [0.29, 0.717) is 0 Å². The summed E-state index contributed by atoms with van der Waals surface area (Å²) >= 11 is 0. The fourth-order valence-electron chi connectivity index (χ4n) is 2.31. The zero-order valence-corrected chi connectivity index (χ0v) is 12.4. The van der Waals surface area contributed by atoms with Crippen molar-refractivity contribution < 1.29 is 17.6 Å². The first kappa shape index (κ1) is 16.2. The average Bonchev–Trinajstić information content (AvgIpc) is 2.98. The second-order valence-electron chi connectivity index (χ2n) is 5.08. The Kier molecular flexibility index (Phi) is 4.59. The minimum absolute atomic E-state index is 0.130. The van der Waals surface area contributed by atoms with E-state index in [1.807, 2.05) is 6.07 Å². The molecule has 2 aromatic heterocycles. The number of alkyl halides is 4. The highest BCUT2D eigenvalue weighted by Crippen LogP contribution is 2.20. The van der Waals surface area contributed by atoms with E-state index in [1.54, 1.807) is 24.3 Å². The maximum absolute atomic E-state index is 12.9. The van der Waals surface area contributed by atoms with Crippen molar-refractivity contribution in [3.05, 3.63) is 53.9 Å². The maximum Gasteiger partial charge on any atom is 0.299 e. The summed E-state index contributed by atoms with van der Waals surface area (Å²) in [5, 5.41) is 11.0. The van der Waals surface area contributed by atoms with Crippen LogP contribution in [0.5, 0.6) is 0 Å². The number of fused-ring (bicyclic) bond motifs is 1. The molecule has 0 aliphatic heterocycles. The van der Waals surface area contributed by atoms with Gasteiger partial charge < -0.3 is 4.90 Å². The molecule has 0 spiro atoms. The zero-order chi connectivity index (χ0) is 17.1.